The minimum atomic E-state index is 0.0462. The van der Waals surface area contributed by atoms with Gasteiger partial charge in [0.15, 0.2) is 0 Å². The van der Waals surface area contributed by atoms with Crippen LogP contribution in [0, 0.1) is 6.92 Å². The molecule has 0 saturated heterocycles. The molecule has 1 aromatic rings. The summed E-state index contributed by atoms with van der Waals surface area (Å²) in [4.78, 5) is 0. The van der Waals surface area contributed by atoms with E-state index in [2.05, 4.69) is 67.5 Å². The molecule has 19 heavy (non-hydrogen) atoms. The second-order valence-electron chi connectivity index (χ2n) is 7.38. The Kier molecular flexibility index (Phi) is 5.16. The molecule has 0 radical (unpaired) electrons. The van der Waals surface area contributed by atoms with Crippen LogP contribution in [0.25, 0.3) is 0 Å². The summed E-state index contributed by atoms with van der Waals surface area (Å²) >= 11 is 0.0462. The Balaban J connectivity index is 3.49. The van der Waals surface area contributed by atoms with Gasteiger partial charge >= 0.3 is 125 Å². The van der Waals surface area contributed by atoms with Crippen molar-refractivity contribution in [2.45, 2.75) is 71.5 Å². The average molecular weight is 275 g/mol. The van der Waals surface area contributed by atoms with Crippen LogP contribution in [0.15, 0.2) is 12.1 Å². The standard InChI is InChI=1S/C15H24O.C2H5.Al/c1-10-8-11(14(2,3)4)13(16)12(9-10)15(5,6)7;1-2;/h8-9,16H,1-7H3;1H2,2H3;/q;;+2/p-1. The number of hydrogen-bond donors (Lipinski definition) is 0. The van der Waals surface area contributed by atoms with E-state index in [1.54, 1.807) is 0 Å². The fourth-order valence-corrected chi connectivity index (χ4v) is 2.77. The van der Waals surface area contributed by atoms with Crippen molar-refractivity contribution in [2.24, 2.45) is 0 Å². The molecule has 1 aromatic carbocycles. The quantitative estimate of drug-likeness (QED) is 0.703. The van der Waals surface area contributed by atoms with Gasteiger partial charge in [-0.3, -0.25) is 0 Å². The maximum absolute atomic E-state index is 6.21. The Labute approximate surface area is 125 Å². The first-order chi connectivity index (χ1) is 8.57. The van der Waals surface area contributed by atoms with Crippen molar-refractivity contribution in [1.82, 2.24) is 0 Å². The van der Waals surface area contributed by atoms with Crippen LogP contribution in [0.4, 0.5) is 0 Å². The van der Waals surface area contributed by atoms with Crippen LogP contribution in [-0.2, 0) is 10.8 Å². The summed E-state index contributed by atoms with van der Waals surface area (Å²) in [6.07, 6.45) is 0. The molecule has 0 unspecified atom stereocenters. The number of hydrogen-bond acceptors (Lipinski definition) is 1. The Bertz CT molecular complexity index is 401. The molecule has 0 aliphatic rings. The fraction of sp³-hybridized carbons (Fsp3) is 0.647. The maximum atomic E-state index is 6.21. The van der Waals surface area contributed by atoms with Crippen molar-refractivity contribution in [3.8, 4) is 5.75 Å². The van der Waals surface area contributed by atoms with Crippen molar-refractivity contribution in [2.75, 3.05) is 0 Å². The van der Waals surface area contributed by atoms with Gasteiger partial charge < -0.3 is 0 Å². The van der Waals surface area contributed by atoms with Crippen LogP contribution < -0.4 is 3.79 Å². The predicted octanol–water partition coefficient (Wildman–Crippen LogP) is 5.03. The monoisotopic (exact) mass is 275 g/mol. The molecule has 0 bridgehead atoms. The molecule has 0 atom stereocenters. The Morgan fingerprint density at radius 1 is 0.947 bits per heavy atom. The Morgan fingerprint density at radius 2 is 1.37 bits per heavy atom. The summed E-state index contributed by atoms with van der Waals surface area (Å²) in [6.45, 7) is 18.0. The SMILES string of the molecule is C[CH2][Al+][O]c1c(C(C)(C)C)cc(C)cc1C(C)(C)C. The van der Waals surface area contributed by atoms with Crippen LogP contribution in [-0.4, -0.2) is 15.6 Å². The molecule has 1 nitrogen and oxygen atoms in total. The second kappa shape index (κ2) is 5.90. The first-order valence-corrected chi connectivity index (χ1v) is 8.50. The zero-order valence-electron chi connectivity index (χ0n) is 13.8. The zero-order chi connectivity index (χ0) is 14.8. The Morgan fingerprint density at radius 3 is 1.68 bits per heavy atom. The van der Waals surface area contributed by atoms with E-state index in [1.165, 1.54) is 16.7 Å². The summed E-state index contributed by atoms with van der Waals surface area (Å²) in [7, 11) is 0. The van der Waals surface area contributed by atoms with E-state index in [-0.39, 0.29) is 26.4 Å². The van der Waals surface area contributed by atoms with Gasteiger partial charge in [0.25, 0.3) is 0 Å². The zero-order valence-corrected chi connectivity index (χ0v) is 15.0. The third-order valence-corrected chi connectivity index (χ3v) is 3.95. The van der Waals surface area contributed by atoms with Gasteiger partial charge in [-0.05, 0) is 0 Å². The average Bonchev–Trinajstić information content (AvgIpc) is 2.23. The van der Waals surface area contributed by atoms with Crippen LogP contribution in [0.3, 0.4) is 0 Å². The summed E-state index contributed by atoms with van der Waals surface area (Å²) in [5.74, 6) is 1.14. The molecule has 1 rings (SSSR count). The van der Waals surface area contributed by atoms with E-state index in [1.807, 2.05) is 0 Å². The fourth-order valence-electron chi connectivity index (χ4n) is 2.18. The van der Waals surface area contributed by atoms with Crippen molar-refractivity contribution in [3.05, 3.63) is 28.8 Å². The van der Waals surface area contributed by atoms with Gasteiger partial charge in [0, 0.05) is 0 Å². The van der Waals surface area contributed by atoms with Crippen molar-refractivity contribution >= 4 is 15.6 Å². The molecule has 0 heterocycles. The van der Waals surface area contributed by atoms with Gasteiger partial charge in [-0.15, -0.1) is 0 Å². The van der Waals surface area contributed by atoms with Crippen molar-refractivity contribution < 1.29 is 3.79 Å². The molecule has 0 aliphatic heterocycles. The molecular weight excluding hydrogens is 247 g/mol. The van der Waals surface area contributed by atoms with E-state index in [4.69, 9.17) is 3.79 Å². The summed E-state index contributed by atoms with van der Waals surface area (Å²) < 4.78 is 6.21. The molecule has 2 heteroatoms. The van der Waals surface area contributed by atoms with Crippen molar-refractivity contribution in [3.63, 3.8) is 0 Å². The predicted molar refractivity (Wildman–Crippen MR) is 85.4 cm³/mol. The van der Waals surface area contributed by atoms with Crippen LogP contribution in [0.1, 0.15) is 65.2 Å². The molecule has 0 fully saturated rings. The molecule has 104 valence electrons. The van der Waals surface area contributed by atoms with Crippen LogP contribution in [0.2, 0.25) is 5.28 Å². The van der Waals surface area contributed by atoms with Gasteiger partial charge in [0.2, 0.25) is 0 Å². The summed E-state index contributed by atoms with van der Waals surface area (Å²) in [5, 5.41) is 1.13. The second-order valence-corrected chi connectivity index (χ2v) is 8.77. The molecule has 0 aliphatic carbocycles. The van der Waals surface area contributed by atoms with E-state index in [0.29, 0.717) is 0 Å². The van der Waals surface area contributed by atoms with Gasteiger partial charge in [0.05, 0.1) is 0 Å². The minimum absolute atomic E-state index is 0.0462. The van der Waals surface area contributed by atoms with Crippen molar-refractivity contribution in [1.29, 1.82) is 0 Å². The van der Waals surface area contributed by atoms with Gasteiger partial charge in [-0.2, -0.15) is 0 Å². The molecule has 0 spiro atoms. The van der Waals surface area contributed by atoms with Crippen LogP contribution >= 0.6 is 0 Å². The van der Waals surface area contributed by atoms with E-state index in [0.717, 1.165) is 11.0 Å². The molecular formula is C17H28AlO+. The molecule has 0 saturated carbocycles. The Hall–Kier alpha value is -0.448. The molecule has 0 aromatic heterocycles. The molecule has 0 amide bonds. The van der Waals surface area contributed by atoms with Gasteiger partial charge in [-0.25, -0.2) is 0 Å². The normalized spacial score (nSPS) is 12.2. The third-order valence-electron chi connectivity index (χ3n) is 3.22. The van der Waals surface area contributed by atoms with E-state index >= 15 is 0 Å². The number of benzene rings is 1. The third kappa shape index (κ3) is 4.26. The summed E-state index contributed by atoms with van der Waals surface area (Å²) in [6, 6.07) is 4.58. The van der Waals surface area contributed by atoms with Gasteiger partial charge in [-0.1, -0.05) is 0 Å². The number of aryl methyl sites for hydroxylation is 1. The molecule has 0 N–H and O–H groups in total. The first kappa shape index (κ1) is 16.6. The topological polar surface area (TPSA) is 9.23 Å². The first-order valence-electron chi connectivity index (χ1n) is 7.21. The van der Waals surface area contributed by atoms with E-state index in [9.17, 15) is 0 Å². The van der Waals surface area contributed by atoms with E-state index < -0.39 is 0 Å². The number of rotatable bonds is 3. The van der Waals surface area contributed by atoms with Crippen LogP contribution in [0.5, 0.6) is 5.75 Å². The van der Waals surface area contributed by atoms with Gasteiger partial charge in [0.1, 0.15) is 0 Å². The summed E-state index contributed by atoms with van der Waals surface area (Å²) in [5.41, 5.74) is 4.26.